The third-order valence-corrected chi connectivity index (χ3v) is 2.25. The minimum absolute atomic E-state index is 0.830. The lowest BCUT2D eigenvalue weighted by Gasteiger charge is -2.01. The van der Waals surface area contributed by atoms with Crippen LogP contribution < -0.4 is 5.32 Å². The van der Waals surface area contributed by atoms with Gasteiger partial charge in [0.2, 0.25) is 0 Å². The minimum atomic E-state index is 0.830. The molecule has 2 rings (SSSR count). The standard InChI is InChI=1S/C9H14N6/c1-7-8(5-12-14-7)4-10-3-2-9-11-6-13-15-9/h5-6,10H,2-4H2,1H3,(H,12,14)(H,11,13,15). The lowest BCUT2D eigenvalue weighted by Crippen LogP contribution is -2.17. The number of hydrogen-bond acceptors (Lipinski definition) is 4. The Kier molecular flexibility index (Phi) is 3.08. The highest BCUT2D eigenvalue weighted by atomic mass is 15.2. The molecular formula is C9H14N6. The maximum atomic E-state index is 4.04. The Bertz CT molecular complexity index is 390. The summed E-state index contributed by atoms with van der Waals surface area (Å²) < 4.78 is 0. The Hall–Kier alpha value is -1.69. The fourth-order valence-corrected chi connectivity index (χ4v) is 1.33. The second-order valence-corrected chi connectivity index (χ2v) is 3.38. The number of hydrogen-bond donors (Lipinski definition) is 3. The van der Waals surface area contributed by atoms with Crippen LogP contribution in [-0.4, -0.2) is 31.9 Å². The number of rotatable bonds is 5. The van der Waals surface area contributed by atoms with Crippen LogP contribution in [0.5, 0.6) is 0 Å². The van der Waals surface area contributed by atoms with Crippen LogP contribution in [0.3, 0.4) is 0 Å². The maximum Gasteiger partial charge on any atom is 0.137 e. The van der Waals surface area contributed by atoms with E-state index in [-0.39, 0.29) is 0 Å². The van der Waals surface area contributed by atoms with Crippen molar-refractivity contribution in [2.24, 2.45) is 0 Å². The third kappa shape index (κ3) is 2.63. The van der Waals surface area contributed by atoms with Gasteiger partial charge >= 0.3 is 0 Å². The summed E-state index contributed by atoms with van der Waals surface area (Å²) in [6.07, 6.45) is 4.23. The number of H-pyrrole nitrogens is 2. The van der Waals surface area contributed by atoms with Crippen molar-refractivity contribution in [1.82, 2.24) is 30.7 Å². The lowest BCUT2D eigenvalue weighted by atomic mass is 10.2. The monoisotopic (exact) mass is 206 g/mol. The van der Waals surface area contributed by atoms with Crippen molar-refractivity contribution < 1.29 is 0 Å². The molecule has 0 saturated carbocycles. The maximum absolute atomic E-state index is 4.04. The van der Waals surface area contributed by atoms with Gasteiger partial charge in [0.15, 0.2) is 0 Å². The quantitative estimate of drug-likeness (QED) is 0.609. The first-order valence-electron chi connectivity index (χ1n) is 4.90. The van der Waals surface area contributed by atoms with Crippen molar-refractivity contribution in [1.29, 1.82) is 0 Å². The van der Waals surface area contributed by atoms with Gasteiger partial charge in [-0.3, -0.25) is 10.2 Å². The van der Waals surface area contributed by atoms with E-state index in [1.54, 1.807) is 0 Å². The molecule has 15 heavy (non-hydrogen) atoms. The summed E-state index contributed by atoms with van der Waals surface area (Å²) in [5.41, 5.74) is 2.31. The molecule has 0 aromatic carbocycles. The molecule has 0 amide bonds. The van der Waals surface area contributed by atoms with Gasteiger partial charge in [0, 0.05) is 30.8 Å². The number of aromatic amines is 2. The summed E-state index contributed by atoms with van der Waals surface area (Å²) in [4.78, 5) is 4.04. The van der Waals surface area contributed by atoms with Crippen molar-refractivity contribution in [3.05, 3.63) is 29.6 Å². The molecule has 3 N–H and O–H groups in total. The summed E-state index contributed by atoms with van der Waals surface area (Å²) in [6.45, 7) is 3.72. The van der Waals surface area contributed by atoms with Crippen LogP contribution in [0.2, 0.25) is 0 Å². The van der Waals surface area contributed by atoms with E-state index in [9.17, 15) is 0 Å². The largest absolute Gasteiger partial charge is 0.312 e. The average Bonchev–Trinajstić information content (AvgIpc) is 2.85. The fourth-order valence-electron chi connectivity index (χ4n) is 1.33. The Morgan fingerprint density at radius 1 is 1.33 bits per heavy atom. The number of nitrogens with zero attached hydrogens (tertiary/aromatic N) is 3. The first-order valence-corrected chi connectivity index (χ1v) is 4.90. The van der Waals surface area contributed by atoms with Gasteiger partial charge in [-0.25, -0.2) is 4.98 Å². The Labute approximate surface area is 87.5 Å². The average molecular weight is 206 g/mol. The van der Waals surface area contributed by atoms with Gasteiger partial charge in [-0.1, -0.05) is 0 Å². The van der Waals surface area contributed by atoms with E-state index in [1.165, 1.54) is 11.9 Å². The smallest absolute Gasteiger partial charge is 0.137 e. The molecule has 2 aromatic heterocycles. The Morgan fingerprint density at radius 2 is 2.27 bits per heavy atom. The zero-order chi connectivity index (χ0) is 10.5. The zero-order valence-electron chi connectivity index (χ0n) is 8.62. The van der Waals surface area contributed by atoms with Crippen LogP contribution in [0, 0.1) is 6.92 Å². The predicted octanol–water partition coefficient (Wildman–Crippen LogP) is 0.169. The molecule has 0 bridgehead atoms. The Balaban J connectivity index is 1.70. The first-order chi connectivity index (χ1) is 7.36. The van der Waals surface area contributed by atoms with Gasteiger partial charge < -0.3 is 5.32 Å². The molecule has 0 atom stereocenters. The summed E-state index contributed by atoms with van der Waals surface area (Å²) in [7, 11) is 0. The van der Waals surface area contributed by atoms with Crippen LogP contribution in [0.1, 0.15) is 17.1 Å². The SMILES string of the molecule is Cc1[nH]ncc1CNCCc1ncn[nH]1. The molecule has 80 valence electrons. The Morgan fingerprint density at radius 3 is 2.93 bits per heavy atom. The zero-order valence-corrected chi connectivity index (χ0v) is 8.62. The second-order valence-electron chi connectivity index (χ2n) is 3.38. The molecule has 2 aromatic rings. The predicted molar refractivity (Wildman–Crippen MR) is 55.1 cm³/mol. The van der Waals surface area contributed by atoms with Gasteiger partial charge in [-0.15, -0.1) is 0 Å². The summed E-state index contributed by atoms with van der Waals surface area (Å²) in [5.74, 6) is 0.909. The third-order valence-electron chi connectivity index (χ3n) is 2.25. The fraction of sp³-hybridized carbons (Fsp3) is 0.444. The van der Waals surface area contributed by atoms with E-state index in [4.69, 9.17) is 0 Å². The lowest BCUT2D eigenvalue weighted by molar-refractivity contribution is 0.670. The summed E-state index contributed by atoms with van der Waals surface area (Å²) in [5, 5.41) is 16.8. The van der Waals surface area contributed by atoms with Crippen molar-refractivity contribution in [2.45, 2.75) is 19.9 Å². The molecule has 0 aliphatic heterocycles. The van der Waals surface area contributed by atoms with Gasteiger partial charge in [0.1, 0.15) is 12.2 Å². The first kappa shape index (κ1) is 9.85. The van der Waals surface area contributed by atoms with Crippen molar-refractivity contribution in [2.75, 3.05) is 6.54 Å². The second kappa shape index (κ2) is 4.70. The molecule has 0 spiro atoms. The van der Waals surface area contributed by atoms with E-state index in [0.717, 1.165) is 31.0 Å². The molecule has 0 aliphatic rings. The molecule has 6 nitrogen and oxygen atoms in total. The van der Waals surface area contributed by atoms with Crippen molar-refractivity contribution in [3.8, 4) is 0 Å². The van der Waals surface area contributed by atoms with Crippen LogP contribution >= 0.6 is 0 Å². The van der Waals surface area contributed by atoms with Crippen molar-refractivity contribution >= 4 is 0 Å². The highest BCUT2D eigenvalue weighted by Crippen LogP contribution is 2.00. The van der Waals surface area contributed by atoms with Crippen LogP contribution in [-0.2, 0) is 13.0 Å². The molecule has 0 aliphatic carbocycles. The minimum Gasteiger partial charge on any atom is -0.312 e. The van der Waals surface area contributed by atoms with E-state index in [0.29, 0.717) is 0 Å². The van der Waals surface area contributed by atoms with E-state index >= 15 is 0 Å². The molecule has 6 heteroatoms. The topological polar surface area (TPSA) is 82.3 Å². The normalized spacial score (nSPS) is 10.7. The number of aryl methyl sites for hydroxylation is 1. The van der Waals surface area contributed by atoms with E-state index < -0.39 is 0 Å². The summed E-state index contributed by atoms with van der Waals surface area (Å²) in [6, 6.07) is 0. The van der Waals surface area contributed by atoms with Crippen molar-refractivity contribution in [3.63, 3.8) is 0 Å². The number of nitrogens with one attached hydrogen (secondary N) is 3. The summed E-state index contributed by atoms with van der Waals surface area (Å²) >= 11 is 0. The van der Waals surface area contributed by atoms with E-state index in [2.05, 4.69) is 30.7 Å². The van der Waals surface area contributed by atoms with Gasteiger partial charge in [0.05, 0.1) is 6.20 Å². The van der Waals surface area contributed by atoms with Gasteiger partial charge in [-0.05, 0) is 6.92 Å². The van der Waals surface area contributed by atoms with Crippen LogP contribution in [0.4, 0.5) is 0 Å². The molecule has 0 fully saturated rings. The molecule has 2 heterocycles. The number of aromatic nitrogens is 5. The van der Waals surface area contributed by atoms with Crippen LogP contribution in [0.25, 0.3) is 0 Å². The van der Waals surface area contributed by atoms with Gasteiger partial charge in [0.25, 0.3) is 0 Å². The molecule has 0 saturated heterocycles. The van der Waals surface area contributed by atoms with Crippen LogP contribution in [0.15, 0.2) is 12.5 Å². The molecular weight excluding hydrogens is 192 g/mol. The highest BCUT2D eigenvalue weighted by molar-refractivity contribution is 5.13. The van der Waals surface area contributed by atoms with E-state index in [1.807, 2.05) is 13.1 Å². The molecule has 0 radical (unpaired) electrons. The molecule has 0 unspecified atom stereocenters. The van der Waals surface area contributed by atoms with Gasteiger partial charge in [-0.2, -0.15) is 10.2 Å². The highest BCUT2D eigenvalue weighted by Gasteiger charge is 1.99.